The number of nitrogens with zero attached hydrogens (tertiary/aromatic N) is 1. The highest BCUT2D eigenvalue weighted by atomic mass is 16.5. The minimum atomic E-state index is -0.321. The lowest BCUT2D eigenvalue weighted by atomic mass is 10.2. The number of aryl methyl sites for hydroxylation is 1. The Balaban J connectivity index is 2.89. The van der Waals surface area contributed by atoms with E-state index < -0.39 is 0 Å². The van der Waals surface area contributed by atoms with Gasteiger partial charge in [-0.15, -0.1) is 0 Å². The van der Waals surface area contributed by atoms with Gasteiger partial charge < -0.3 is 14.4 Å². The molecule has 0 bridgehead atoms. The van der Waals surface area contributed by atoms with Gasteiger partial charge in [0.05, 0.1) is 12.1 Å². The van der Waals surface area contributed by atoms with Crippen LogP contribution in [0.25, 0.3) is 10.9 Å². The molecule has 4 heteroatoms. The van der Waals surface area contributed by atoms with Crippen molar-refractivity contribution >= 4 is 10.9 Å². The summed E-state index contributed by atoms with van der Waals surface area (Å²) in [6.07, 6.45) is 0. The van der Waals surface area contributed by atoms with Crippen LogP contribution in [0.3, 0.4) is 0 Å². The summed E-state index contributed by atoms with van der Waals surface area (Å²) in [5.41, 5.74) is 0.367. The van der Waals surface area contributed by atoms with Crippen molar-refractivity contribution in [3.8, 4) is 11.5 Å². The lowest BCUT2D eigenvalue weighted by Gasteiger charge is -2.11. The second-order valence-corrected chi connectivity index (χ2v) is 3.49. The Hall–Kier alpha value is -1.97. The van der Waals surface area contributed by atoms with Gasteiger partial charge in [-0.2, -0.15) is 0 Å². The Labute approximate surface area is 92.7 Å². The predicted molar refractivity (Wildman–Crippen MR) is 62.0 cm³/mol. The highest BCUT2D eigenvalue weighted by Crippen LogP contribution is 2.30. The zero-order valence-corrected chi connectivity index (χ0v) is 9.23. The maximum absolute atomic E-state index is 11.9. The summed E-state index contributed by atoms with van der Waals surface area (Å²) in [6, 6.07) is 7.17. The van der Waals surface area contributed by atoms with E-state index in [-0.39, 0.29) is 17.1 Å². The van der Waals surface area contributed by atoms with E-state index in [0.29, 0.717) is 17.5 Å². The first kappa shape index (κ1) is 10.5. The second kappa shape index (κ2) is 3.89. The van der Waals surface area contributed by atoms with Gasteiger partial charge in [0.15, 0.2) is 5.75 Å². The van der Waals surface area contributed by atoms with Crippen LogP contribution in [-0.2, 0) is 7.05 Å². The molecule has 0 aliphatic carbocycles. The van der Waals surface area contributed by atoms with Crippen LogP contribution < -0.4 is 10.3 Å². The van der Waals surface area contributed by atoms with Crippen molar-refractivity contribution in [1.29, 1.82) is 0 Å². The van der Waals surface area contributed by atoms with Crippen molar-refractivity contribution in [3.63, 3.8) is 0 Å². The fourth-order valence-electron chi connectivity index (χ4n) is 1.73. The molecular weight excluding hydrogens is 206 g/mol. The van der Waals surface area contributed by atoms with Crippen molar-refractivity contribution in [2.45, 2.75) is 6.92 Å². The number of ether oxygens (including phenoxy) is 1. The molecule has 2 rings (SSSR count). The Morgan fingerprint density at radius 2 is 2.06 bits per heavy atom. The van der Waals surface area contributed by atoms with Crippen LogP contribution in [0.1, 0.15) is 6.92 Å². The Kier molecular flexibility index (Phi) is 2.56. The number of hydrogen-bond acceptors (Lipinski definition) is 3. The fraction of sp³-hybridized carbons (Fsp3) is 0.250. The number of aromatic hydroxyl groups is 1. The number of rotatable bonds is 2. The zero-order valence-electron chi connectivity index (χ0n) is 9.23. The molecule has 0 radical (unpaired) electrons. The van der Waals surface area contributed by atoms with Crippen LogP contribution in [0.2, 0.25) is 0 Å². The number of pyridine rings is 1. The summed E-state index contributed by atoms with van der Waals surface area (Å²) < 4.78 is 6.65. The summed E-state index contributed by atoms with van der Waals surface area (Å²) in [4.78, 5) is 11.9. The Morgan fingerprint density at radius 3 is 2.75 bits per heavy atom. The molecule has 1 aromatic carbocycles. The molecule has 0 spiro atoms. The molecule has 0 atom stereocenters. The third kappa shape index (κ3) is 1.43. The molecule has 0 fully saturated rings. The van der Waals surface area contributed by atoms with Gasteiger partial charge in [0, 0.05) is 12.4 Å². The maximum Gasteiger partial charge on any atom is 0.297 e. The van der Waals surface area contributed by atoms with E-state index in [1.807, 2.05) is 12.1 Å². The summed E-state index contributed by atoms with van der Waals surface area (Å²) in [7, 11) is 1.66. The van der Waals surface area contributed by atoms with E-state index in [4.69, 9.17) is 4.74 Å². The lowest BCUT2D eigenvalue weighted by molar-refractivity contribution is 0.313. The quantitative estimate of drug-likeness (QED) is 0.835. The molecule has 0 aliphatic rings. The highest BCUT2D eigenvalue weighted by molar-refractivity contribution is 5.87. The first-order valence-corrected chi connectivity index (χ1v) is 5.10. The van der Waals surface area contributed by atoms with Crippen LogP contribution in [0.5, 0.6) is 11.5 Å². The second-order valence-electron chi connectivity index (χ2n) is 3.49. The molecule has 1 heterocycles. The standard InChI is InChI=1S/C12H13NO3/c1-3-16-11-10(14)8-6-4-5-7-9(8)13(2)12(11)15/h4-7,14H,3H2,1-2H3. The topological polar surface area (TPSA) is 51.5 Å². The maximum atomic E-state index is 11.9. The van der Waals surface area contributed by atoms with Crippen LogP contribution in [-0.4, -0.2) is 16.3 Å². The zero-order chi connectivity index (χ0) is 11.7. The van der Waals surface area contributed by atoms with Crippen molar-refractivity contribution < 1.29 is 9.84 Å². The molecule has 0 aliphatic heterocycles. The van der Waals surface area contributed by atoms with Gasteiger partial charge in [-0.1, -0.05) is 12.1 Å². The molecule has 2 aromatic rings. The van der Waals surface area contributed by atoms with Crippen LogP contribution >= 0.6 is 0 Å². The number of para-hydroxylation sites is 1. The van der Waals surface area contributed by atoms with Crippen molar-refractivity contribution in [2.75, 3.05) is 6.61 Å². The van der Waals surface area contributed by atoms with E-state index in [0.717, 1.165) is 0 Å². The molecule has 84 valence electrons. The summed E-state index contributed by atoms with van der Waals surface area (Å²) in [5, 5.41) is 10.6. The van der Waals surface area contributed by atoms with Gasteiger partial charge in [0.1, 0.15) is 0 Å². The molecule has 1 aromatic heterocycles. The summed E-state index contributed by atoms with van der Waals surface area (Å²) >= 11 is 0. The Bertz CT molecular complexity index is 587. The first-order valence-electron chi connectivity index (χ1n) is 5.10. The third-order valence-electron chi connectivity index (χ3n) is 2.52. The Morgan fingerprint density at radius 1 is 1.38 bits per heavy atom. The average molecular weight is 219 g/mol. The van der Waals surface area contributed by atoms with Crippen molar-refractivity contribution in [3.05, 3.63) is 34.6 Å². The largest absolute Gasteiger partial charge is 0.504 e. The van der Waals surface area contributed by atoms with Gasteiger partial charge in [0.2, 0.25) is 5.75 Å². The summed E-state index contributed by atoms with van der Waals surface area (Å²) in [5.74, 6) is -0.0655. The monoisotopic (exact) mass is 219 g/mol. The van der Waals surface area contributed by atoms with E-state index in [2.05, 4.69) is 0 Å². The number of fused-ring (bicyclic) bond motifs is 1. The van der Waals surface area contributed by atoms with E-state index in [1.54, 1.807) is 26.1 Å². The van der Waals surface area contributed by atoms with Crippen LogP contribution in [0, 0.1) is 0 Å². The number of benzene rings is 1. The lowest BCUT2D eigenvalue weighted by Crippen LogP contribution is -2.19. The van der Waals surface area contributed by atoms with Crippen LogP contribution in [0.15, 0.2) is 29.1 Å². The van der Waals surface area contributed by atoms with Gasteiger partial charge in [-0.25, -0.2) is 0 Å². The van der Waals surface area contributed by atoms with Gasteiger partial charge in [-0.3, -0.25) is 4.79 Å². The van der Waals surface area contributed by atoms with E-state index in [1.165, 1.54) is 4.57 Å². The highest BCUT2D eigenvalue weighted by Gasteiger charge is 2.14. The fourth-order valence-corrected chi connectivity index (χ4v) is 1.73. The average Bonchev–Trinajstić information content (AvgIpc) is 2.32. The smallest absolute Gasteiger partial charge is 0.297 e. The van der Waals surface area contributed by atoms with E-state index in [9.17, 15) is 9.90 Å². The molecule has 0 saturated heterocycles. The van der Waals surface area contributed by atoms with Crippen molar-refractivity contribution in [1.82, 2.24) is 4.57 Å². The molecule has 0 saturated carbocycles. The van der Waals surface area contributed by atoms with Gasteiger partial charge in [0.25, 0.3) is 5.56 Å². The molecule has 1 N–H and O–H groups in total. The van der Waals surface area contributed by atoms with E-state index >= 15 is 0 Å². The molecule has 0 unspecified atom stereocenters. The number of aromatic nitrogens is 1. The van der Waals surface area contributed by atoms with Crippen LogP contribution in [0.4, 0.5) is 0 Å². The van der Waals surface area contributed by atoms with Gasteiger partial charge in [-0.05, 0) is 19.1 Å². The predicted octanol–water partition coefficient (Wildman–Crippen LogP) is 1.64. The SMILES string of the molecule is CCOc1c(O)c2ccccc2n(C)c1=O. The number of hydrogen-bond donors (Lipinski definition) is 1. The van der Waals surface area contributed by atoms with Crippen molar-refractivity contribution in [2.24, 2.45) is 7.05 Å². The third-order valence-corrected chi connectivity index (χ3v) is 2.52. The molecular formula is C12H13NO3. The normalized spacial score (nSPS) is 10.6. The molecule has 0 amide bonds. The minimum Gasteiger partial charge on any atom is -0.504 e. The molecule has 4 nitrogen and oxygen atoms in total. The first-order chi connectivity index (χ1) is 7.66. The summed E-state index contributed by atoms with van der Waals surface area (Å²) in [6.45, 7) is 2.12. The molecule has 16 heavy (non-hydrogen) atoms. The van der Waals surface area contributed by atoms with Gasteiger partial charge >= 0.3 is 0 Å². The minimum absolute atomic E-state index is 0.0173.